The summed E-state index contributed by atoms with van der Waals surface area (Å²) in [7, 11) is 1.71. The van der Waals surface area contributed by atoms with Crippen molar-refractivity contribution in [2.45, 2.75) is 38.3 Å². The Morgan fingerprint density at radius 3 is 2.62 bits per heavy atom. The lowest BCUT2D eigenvalue weighted by Gasteiger charge is -2.32. The number of methoxy groups -OCH3 is 1. The molecule has 2 atom stereocenters. The summed E-state index contributed by atoms with van der Waals surface area (Å²) in [5.74, 6) is 2.22. The standard InChI is InChI=1S/C21H24N4O/c1-14(2)15-8-10-16(11-9-15)18-12-19(25-21(24-18)22-13-23-25)17-6-4-5-7-20(17)26-3/h4-11,13-14,18-19H,12H2,1-3H3,(H,22,23,24)/t18-,19+/m0/s1. The van der Waals surface area contributed by atoms with Gasteiger partial charge in [0, 0.05) is 5.56 Å². The first kappa shape index (κ1) is 16.6. The minimum absolute atomic E-state index is 0.0830. The molecule has 0 radical (unpaired) electrons. The van der Waals surface area contributed by atoms with E-state index >= 15 is 0 Å². The summed E-state index contributed by atoms with van der Waals surface area (Å²) < 4.78 is 7.55. The van der Waals surface area contributed by atoms with E-state index in [9.17, 15) is 0 Å². The van der Waals surface area contributed by atoms with Crippen LogP contribution in [0, 0.1) is 0 Å². The Labute approximate surface area is 154 Å². The van der Waals surface area contributed by atoms with Crippen LogP contribution in [0.5, 0.6) is 5.75 Å². The topological polar surface area (TPSA) is 52.0 Å². The summed E-state index contributed by atoms with van der Waals surface area (Å²) in [6.07, 6.45) is 2.49. The van der Waals surface area contributed by atoms with Gasteiger partial charge in [0.1, 0.15) is 12.1 Å². The van der Waals surface area contributed by atoms with Crippen molar-refractivity contribution < 1.29 is 4.74 Å². The molecule has 0 spiro atoms. The number of para-hydroxylation sites is 1. The van der Waals surface area contributed by atoms with Crippen molar-refractivity contribution in [2.75, 3.05) is 12.4 Å². The molecule has 5 heteroatoms. The van der Waals surface area contributed by atoms with E-state index in [1.54, 1.807) is 13.4 Å². The van der Waals surface area contributed by atoms with E-state index in [0.717, 1.165) is 23.7 Å². The molecule has 0 fully saturated rings. The zero-order valence-electron chi connectivity index (χ0n) is 15.4. The summed E-state index contributed by atoms with van der Waals surface area (Å²) in [6, 6.07) is 17.3. The van der Waals surface area contributed by atoms with Crippen LogP contribution in [0.15, 0.2) is 54.9 Å². The summed E-state index contributed by atoms with van der Waals surface area (Å²) in [5, 5.41) is 7.97. The van der Waals surface area contributed by atoms with E-state index in [4.69, 9.17) is 4.74 Å². The lowest BCUT2D eigenvalue weighted by Crippen LogP contribution is -2.28. The maximum Gasteiger partial charge on any atom is 0.222 e. The Bertz CT molecular complexity index is 885. The van der Waals surface area contributed by atoms with Crippen molar-refractivity contribution in [1.29, 1.82) is 0 Å². The predicted molar refractivity (Wildman–Crippen MR) is 103 cm³/mol. The SMILES string of the molecule is COc1ccccc1[C@H]1C[C@@H](c2ccc(C(C)C)cc2)Nc2ncnn21. The second-order valence-electron chi connectivity index (χ2n) is 7.04. The average molecular weight is 348 g/mol. The van der Waals surface area contributed by atoms with E-state index in [2.05, 4.69) is 59.6 Å². The average Bonchev–Trinajstić information content (AvgIpc) is 3.16. The van der Waals surface area contributed by atoms with Gasteiger partial charge in [0.15, 0.2) is 0 Å². The first-order valence-corrected chi connectivity index (χ1v) is 9.06. The minimum Gasteiger partial charge on any atom is -0.496 e. The number of fused-ring (bicyclic) bond motifs is 1. The highest BCUT2D eigenvalue weighted by atomic mass is 16.5. The molecule has 1 N–H and O–H groups in total. The van der Waals surface area contributed by atoms with Crippen LogP contribution in [-0.2, 0) is 0 Å². The number of benzene rings is 2. The molecule has 1 aliphatic heterocycles. The second-order valence-corrected chi connectivity index (χ2v) is 7.04. The molecule has 1 aromatic heterocycles. The number of nitrogens with one attached hydrogen (secondary N) is 1. The number of ether oxygens (including phenoxy) is 1. The molecule has 4 rings (SSSR count). The Balaban J connectivity index is 1.70. The van der Waals surface area contributed by atoms with Gasteiger partial charge in [0.25, 0.3) is 0 Å². The molecule has 2 heterocycles. The van der Waals surface area contributed by atoms with Crippen molar-refractivity contribution in [3.8, 4) is 5.75 Å². The van der Waals surface area contributed by atoms with Gasteiger partial charge in [-0.05, 0) is 29.5 Å². The van der Waals surface area contributed by atoms with Gasteiger partial charge in [-0.2, -0.15) is 10.1 Å². The molecule has 0 saturated heterocycles. The Morgan fingerprint density at radius 1 is 1.12 bits per heavy atom. The van der Waals surface area contributed by atoms with Gasteiger partial charge in [0.05, 0.1) is 19.2 Å². The van der Waals surface area contributed by atoms with E-state index in [1.807, 2.05) is 22.9 Å². The highest BCUT2D eigenvalue weighted by molar-refractivity contribution is 5.43. The maximum atomic E-state index is 5.59. The Hall–Kier alpha value is -2.82. The third kappa shape index (κ3) is 2.94. The molecule has 2 aromatic carbocycles. The number of rotatable bonds is 4. The van der Waals surface area contributed by atoms with E-state index in [0.29, 0.717) is 5.92 Å². The van der Waals surface area contributed by atoms with E-state index < -0.39 is 0 Å². The Morgan fingerprint density at radius 2 is 1.88 bits per heavy atom. The smallest absolute Gasteiger partial charge is 0.222 e. The van der Waals surface area contributed by atoms with Crippen molar-refractivity contribution >= 4 is 5.95 Å². The quantitative estimate of drug-likeness (QED) is 0.751. The summed E-state index contributed by atoms with van der Waals surface area (Å²) in [4.78, 5) is 4.41. The van der Waals surface area contributed by atoms with Gasteiger partial charge in [-0.3, -0.25) is 0 Å². The number of aromatic nitrogens is 3. The largest absolute Gasteiger partial charge is 0.496 e. The van der Waals surface area contributed by atoms with Crippen LogP contribution >= 0.6 is 0 Å². The van der Waals surface area contributed by atoms with Gasteiger partial charge in [-0.1, -0.05) is 56.3 Å². The molecule has 26 heavy (non-hydrogen) atoms. The first-order chi connectivity index (χ1) is 12.7. The zero-order valence-corrected chi connectivity index (χ0v) is 15.4. The van der Waals surface area contributed by atoms with E-state index in [1.165, 1.54) is 11.1 Å². The minimum atomic E-state index is 0.0830. The van der Waals surface area contributed by atoms with Crippen LogP contribution in [0.25, 0.3) is 0 Å². The maximum absolute atomic E-state index is 5.59. The fourth-order valence-electron chi connectivity index (χ4n) is 3.65. The molecule has 0 bridgehead atoms. The molecule has 5 nitrogen and oxygen atoms in total. The monoisotopic (exact) mass is 348 g/mol. The molecule has 0 unspecified atom stereocenters. The zero-order chi connectivity index (χ0) is 18.1. The van der Waals surface area contributed by atoms with Crippen LogP contribution in [0.2, 0.25) is 0 Å². The van der Waals surface area contributed by atoms with Crippen LogP contribution in [0.1, 0.15) is 55.0 Å². The highest BCUT2D eigenvalue weighted by Gasteiger charge is 2.31. The number of hydrogen-bond acceptors (Lipinski definition) is 4. The van der Waals surface area contributed by atoms with Crippen LogP contribution in [0.4, 0.5) is 5.95 Å². The predicted octanol–water partition coefficient (Wildman–Crippen LogP) is 4.56. The molecule has 0 aliphatic carbocycles. The Kier molecular flexibility index (Phi) is 4.37. The molecule has 1 aliphatic rings. The molecular weight excluding hydrogens is 324 g/mol. The molecular formula is C21H24N4O. The molecule has 0 amide bonds. The molecule has 134 valence electrons. The van der Waals surface area contributed by atoms with Crippen molar-refractivity contribution in [2.24, 2.45) is 0 Å². The third-order valence-corrected chi connectivity index (χ3v) is 5.13. The van der Waals surface area contributed by atoms with Crippen LogP contribution < -0.4 is 10.1 Å². The fourth-order valence-corrected chi connectivity index (χ4v) is 3.65. The molecule has 3 aromatic rings. The summed E-state index contributed by atoms with van der Waals surface area (Å²) >= 11 is 0. The normalized spacial score (nSPS) is 19.1. The van der Waals surface area contributed by atoms with Gasteiger partial charge in [0.2, 0.25) is 5.95 Å². The van der Waals surface area contributed by atoms with Crippen molar-refractivity contribution in [3.63, 3.8) is 0 Å². The number of nitrogens with zero attached hydrogens (tertiary/aromatic N) is 3. The van der Waals surface area contributed by atoms with Crippen LogP contribution in [0.3, 0.4) is 0 Å². The van der Waals surface area contributed by atoms with Crippen molar-refractivity contribution in [3.05, 3.63) is 71.5 Å². The van der Waals surface area contributed by atoms with E-state index in [-0.39, 0.29) is 12.1 Å². The lowest BCUT2D eigenvalue weighted by molar-refractivity contribution is 0.380. The number of anilines is 1. The molecule has 0 saturated carbocycles. The first-order valence-electron chi connectivity index (χ1n) is 9.06. The van der Waals surface area contributed by atoms with Crippen molar-refractivity contribution in [1.82, 2.24) is 14.8 Å². The lowest BCUT2D eigenvalue weighted by atomic mass is 9.91. The van der Waals surface area contributed by atoms with Gasteiger partial charge in [-0.15, -0.1) is 0 Å². The van der Waals surface area contributed by atoms with Crippen LogP contribution in [-0.4, -0.2) is 21.9 Å². The second kappa shape index (κ2) is 6.83. The third-order valence-electron chi connectivity index (χ3n) is 5.13. The summed E-state index contributed by atoms with van der Waals surface area (Å²) in [6.45, 7) is 4.43. The van der Waals surface area contributed by atoms with Gasteiger partial charge in [-0.25, -0.2) is 4.68 Å². The number of hydrogen-bond donors (Lipinski definition) is 1. The summed E-state index contributed by atoms with van der Waals surface area (Å²) in [5.41, 5.74) is 3.75. The van der Waals surface area contributed by atoms with Gasteiger partial charge >= 0.3 is 0 Å². The van der Waals surface area contributed by atoms with Gasteiger partial charge < -0.3 is 10.1 Å². The fraction of sp³-hybridized carbons (Fsp3) is 0.333. The highest BCUT2D eigenvalue weighted by Crippen LogP contribution is 2.40.